The van der Waals surface area contributed by atoms with E-state index < -0.39 is 0 Å². The largest absolute Gasteiger partial charge is 0.372 e. The van der Waals surface area contributed by atoms with E-state index in [2.05, 4.69) is 10.3 Å². The van der Waals surface area contributed by atoms with Gasteiger partial charge in [-0.2, -0.15) is 0 Å². The molecule has 2 rings (SSSR count). The molecular formula is C15H17ClN2O. The van der Waals surface area contributed by atoms with Gasteiger partial charge in [0, 0.05) is 23.3 Å². The quantitative estimate of drug-likeness (QED) is 0.869. The van der Waals surface area contributed by atoms with Gasteiger partial charge >= 0.3 is 0 Å². The van der Waals surface area contributed by atoms with Crippen molar-refractivity contribution in [3.63, 3.8) is 0 Å². The van der Waals surface area contributed by atoms with Crippen molar-refractivity contribution in [2.75, 3.05) is 11.9 Å². The number of hydrogen-bond acceptors (Lipinski definition) is 3. The SMILES string of the molecule is CCNc1ncccc1COCc1cccc(Cl)c1. The van der Waals surface area contributed by atoms with Crippen LogP contribution >= 0.6 is 11.6 Å². The molecule has 4 heteroatoms. The third kappa shape index (κ3) is 4.23. The summed E-state index contributed by atoms with van der Waals surface area (Å²) in [7, 11) is 0. The summed E-state index contributed by atoms with van der Waals surface area (Å²) in [6, 6.07) is 11.6. The van der Waals surface area contributed by atoms with Crippen LogP contribution in [0.2, 0.25) is 5.02 Å². The summed E-state index contributed by atoms with van der Waals surface area (Å²) in [5.41, 5.74) is 2.13. The predicted octanol–water partition coefficient (Wildman–Crippen LogP) is 3.88. The second-order valence-corrected chi connectivity index (χ2v) is 4.60. The fourth-order valence-corrected chi connectivity index (χ4v) is 2.00. The van der Waals surface area contributed by atoms with Crippen molar-refractivity contribution in [1.29, 1.82) is 0 Å². The fourth-order valence-electron chi connectivity index (χ4n) is 1.79. The van der Waals surface area contributed by atoms with Crippen LogP contribution in [0, 0.1) is 0 Å². The van der Waals surface area contributed by atoms with Crippen molar-refractivity contribution < 1.29 is 4.74 Å². The lowest BCUT2D eigenvalue weighted by atomic mass is 10.2. The molecule has 0 unspecified atom stereocenters. The zero-order chi connectivity index (χ0) is 13.5. The molecule has 0 fully saturated rings. The van der Waals surface area contributed by atoms with Crippen LogP contribution in [0.4, 0.5) is 5.82 Å². The van der Waals surface area contributed by atoms with E-state index >= 15 is 0 Å². The van der Waals surface area contributed by atoms with Gasteiger partial charge < -0.3 is 10.1 Å². The van der Waals surface area contributed by atoms with Crippen LogP contribution in [0.5, 0.6) is 0 Å². The van der Waals surface area contributed by atoms with Crippen LogP contribution in [0.3, 0.4) is 0 Å². The molecule has 0 spiro atoms. The summed E-state index contributed by atoms with van der Waals surface area (Å²) in [4.78, 5) is 4.30. The maximum absolute atomic E-state index is 5.93. The number of nitrogens with one attached hydrogen (secondary N) is 1. The Morgan fingerprint density at radius 1 is 1.21 bits per heavy atom. The standard InChI is InChI=1S/C15H17ClN2O/c1-2-17-15-13(6-4-8-18-15)11-19-10-12-5-3-7-14(16)9-12/h3-9H,2,10-11H2,1H3,(H,17,18). The zero-order valence-corrected chi connectivity index (χ0v) is 11.7. The fraction of sp³-hybridized carbons (Fsp3) is 0.267. The number of hydrogen-bond donors (Lipinski definition) is 1. The number of anilines is 1. The van der Waals surface area contributed by atoms with Crippen molar-refractivity contribution in [2.24, 2.45) is 0 Å². The van der Waals surface area contributed by atoms with E-state index in [1.807, 2.05) is 43.3 Å². The first-order valence-corrected chi connectivity index (χ1v) is 6.67. The summed E-state index contributed by atoms with van der Waals surface area (Å²) in [6.45, 7) is 3.97. The molecule has 0 amide bonds. The van der Waals surface area contributed by atoms with Crippen LogP contribution in [0.1, 0.15) is 18.1 Å². The third-order valence-electron chi connectivity index (χ3n) is 2.65. The predicted molar refractivity (Wildman–Crippen MR) is 78.3 cm³/mol. The van der Waals surface area contributed by atoms with Crippen LogP contribution in [-0.2, 0) is 18.0 Å². The molecule has 1 N–H and O–H groups in total. The molecule has 0 aliphatic rings. The van der Waals surface area contributed by atoms with Gasteiger partial charge in [0.25, 0.3) is 0 Å². The maximum Gasteiger partial charge on any atom is 0.131 e. The first-order chi connectivity index (χ1) is 9.29. The summed E-state index contributed by atoms with van der Waals surface area (Å²) in [5, 5.41) is 3.95. The van der Waals surface area contributed by atoms with Crippen molar-refractivity contribution in [3.8, 4) is 0 Å². The Balaban J connectivity index is 1.92. The Labute approximate surface area is 118 Å². The van der Waals surface area contributed by atoms with Crippen LogP contribution in [0.15, 0.2) is 42.6 Å². The second-order valence-electron chi connectivity index (χ2n) is 4.16. The van der Waals surface area contributed by atoms with Crippen molar-refractivity contribution >= 4 is 17.4 Å². The highest BCUT2D eigenvalue weighted by atomic mass is 35.5. The van der Waals surface area contributed by atoms with E-state index in [0.29, 0.717) is 13.2 Å². The molecule has 0 atom stereocenters. The Morgan fingerprint density at radius 3 is 2.89 bits per heavy atom. The lowest BCUT2D eigenvalue weighted by Crippen LogP contribution is -2.04. The second kappa shape index (κ2) is 7.12. The average molecular weight is 277 g/mol. The van der Waals surface area contributed by atoms with E-state index in [0.717, 1.165) is 28.5 Å². The molecule has 100 valence electrons. The number of rotatable bonds is 6. The highest BCUT2D eigenvalue weighted by molar-refractivity contribution is 6.30. The van der Waals surface area contributed by atoms with E-state index in [4.69, 9.17) is 16.3 Å². The van der Waals surface area contributed by atoms with Gasteiger partial charge in [-0.15, -0.1) is 0 Å². The van der Waals surface area contributed by atoms with Gasteiger partial charge in [-0.1, -0.05) is 29.8 Å². The molecule has 0 radical (unpaired) electrons. The van der Waals surface area contributed by atoms with Gasteiger partial charge in [0.15, 0.2) is 0 Å². The highest BCUT2D eigenvalue weighted by Gasteiger charge is 2.02. The number of aromatic nitrogens is 1. The van der Waals surface area contributed by atoms with Crippen molar-refractivity contribution in [2.45, 2.75) is 20.1 Å². The molecule has 0 bridgehead atoms. The van der Waals surface area contributed by atoms with E-state index in [1.54, 1.807) is 6.20 Å². The highest BCUT2D eigenvalue weighted by Crippen LogP contribution is 2.15. The molecule has 0 saturated carbocycles. The summed E-state index contributed by atoms with van der Waals surface area (Å²) in [5.74, 6) is 0.885. The van der Waals surface area contributed by atoms with E-state index in [9.17, 15) is 0 Å². The molecule has 0 aliphatic heterocycles. The van der Waals surface area contributed by atoms with Crippen molar-refractivity contribution in [3.05, 3.63) is 58.7 Å². The third-order valence-corrected chi connectivity index (χ3v) is 2.89. The molecular weight excluding hydrogens is 260 g/mol. The van der Waals surface area contributed by atoms with Gasteiger partial charge in [0.05, 0.1) is 13.2 Å². The number of nitrogens with zero attached hydrogens (tertiary/aromatic N) is 1. The molecule has 0 aliphatic carbocycles. The van der Waals surface area contributed by atoms with Crippen LogP contribution < -0.4 is 5.32 Å². The number of benzene rings is 1. The molecule has 19 heavy (non-hydrogen) atoms. The summed E-state index contributed by atoms with van der Waals surface area (Å²) < 4.78 is 5.71. The Kier molecular flexibility index (Phi) is 5.19. The zero-order valence-electron chi connectivity index (χ0n) is 10.9. The molecule has 1 aromatic carbocycles. The Hall–Kier alpha value is -1.58. The Morgan fingerprint density at radius 2 is 2.11 bits per heavy atom. The van der Waals surface area contributed by atoms with E-state index in [1.165, 1.54) is 0 Å². The lowest BCUT2D eigenvalue weighted by molar-refractivity contribution is 0.107. The molecule has 3 nitrogen and oxygen atoms in total. The summed E-state index contributed by atoms with van der Waals surface area (Å²) >= 11 is 5.93. The van der Waals surface area contributed by atoms with Gasteiger partial charge in [0.1, 0.15) is 5.82 Å². The topological polar surface area (TPSA) is 34.2 Å². The maximum atomic E-state index is 5.93. The minimum absolute atomic E-state index is 0.530. The Bertz CT molecular complexity index is 531. The first-order valence-electron chi connectivity index (χ1n) is 6.29. The van der Waals surface area contributed by atoms with Crippen LogP contribution in [-0.4, -0.2) is 11.5 Å². The average Bonchev–Trinajstić information content (AvgIpc) is 2.41. The smallest absolute Gasteiger partial charge is 0.131 e. The molecule has 0 saturated heterocycles. The minimum atomic E-state index is 0.530. The normalized spacial score (nSPS) is 10.4. The summed E-state index contributed by atoms with van der Waals surface area (Å²) in [6.07, 6.45) is 1.78. The molecule has 1 heterocycles. The monoisotopic (exact) mass is 276 g/mol. The molecule has 1 aromatic heterocycles. The van der Waals surface area contributed by atoms with Gasteiger partial charge in [-0.05, 0) is 30.7 Å². The van der Waals surface area contributed by atoms with Crippen molar-refractivity contribution in [1.82, 2.24) is 4.98 Å². The van der Waals surface area contributed by atoms with E-state index in [-0.39, 0.29) is 0 Å². The van der Waals surface area contributed by atoms with Gasteiger partial charge in [-0.25, -0.2) is 4.98 Å². The number of ether oxygens (including phenoxy) is 1. The first kappa shape index (κ1) is 13.8. The number of pyridine rings is 1. The van der Waals surface area contributed by atoms with Gasteiger partial charge in [0.2, 0.25) is 0 Å². The molecule has 2 aromatic rings. The van der Waals surface area contributed by atoms with Crippen LogP contribution in [0.25, 0.3) is 0 Å². The lowest BCUT2D eigenvalue weighted by Gasteiger charge is -2.10. The number of halogens is 1. The van der Waals surface area contributed by atoms with Gasteiger partial charge in [-0.3, -0.25) is 0 Å². The minimum Gasteiger partial charge on any atom is -0.372 e.